The number of nitrogens with two attached hydrogens (primary N) is 2. The van der Waals surface area contributed by atoms with Gasteiger partial charge in [-0.3, -0.25) is 9.59 Å². The summed E-state index contributed by atoms with van der Waals surface area (Å²) in [4.78, 5) is 33.3. The molecule has 0 saturated carbocycles. The first-order valence-corrected chi connectivity index (χ1v) is 21.2. The summed E-state index contributed by atoms with van der Waals surface area (Å²) < 4.78 is 1.74. The molecule has 0 fully saturated rings. The average Bonchev–Trinajstić information content (AvgIpc) is 3.46. The maximum Gasteiger partial charge on any atom is 0.200 e. The molecule has 1 atom stereocenters. The number of halogens is 1. The molecule has 1 aromatic rings. The van der Waals surface area contributed by atoms with Crippen LogP contribution in [0.4, 0.5) is 0 Å². The molecule has 1 rings (SSSR count). The number of carbonyl (C=O) groups excluding carboxylic acids is 2. The van der Waals surface area contributed by atoms with Crippen LogP contribution in [0.1, 0.15) is 144 Å². The molecule has 299 valence electrons. The van der Waals surface area contributed by atoms with Crippen LogP contribution in [-0.2, 0) is 34.2 Å². The number of imidazole rings is 1. The van der Waals surface area contributed by atoms with Gasteiger partial charge < -0.3 is 25.8 Å². The maximum absolute atomic E-state index is 11.4. The van der Waals surface area contributed by atoms with Crippen LogP contribution < -0.4 is 11.5 Å². The zero-order chi connectivity index (χ0) is 38.9. The molecule has 10 heteroatoms. The van der Waals surface area contributed by atoms with Gasteiger partial charge in [0.15, 0.2) is 11.6 Å². The van der Waals surface area contributed by atoms with E-state index in [2.05, 4.69) is 100 Å². The summed E-state index contributed by atoms with van der Waals surface area (Å²) in [6.07, 6.45) is 15.8. The Balaban J connectivity index is -0.000000176. The predicted molar refractivity (Wildman–Crippen MR) is 226 cm³/mol. The number of unbranched alkanes of at least 4 members (excludes halogenated alkanes) is 2. The van der Waals surface area contributed by atoms with Crippen molar-refractivity contribution in [1.29, 1.82) is 0 Å². The van der Waals surface area contributed by atoms with Gasteiger partial charge in [-0.2, -0.15) is 0 Å². The second kappa shape index (κ2) is 40.1. The Morgan fingerprint density at radius 2 is 1.16 bits per heavy atom. The van der Waals surface area contributed by atoms with E-state index >= 15 is 0 Å². The van der Waals surface area contributed by atoms with Crippen molar-refractivity contribution in [3.63, 3.8) is 0 Å². The number of aromatic nitrogens is 2. The Morgan fingerprint density at radius 3 is 1.52 bits per heavy atom. The molecule has 1 radical (unpaired) electrons. The molecular formula is C40H85IN6O2Ta. The normalized spacial score (nSPS) is 11.3. The Morgan fingerprint density at radius 1 is 0.720 bits per heavy atom. The number of ketones is 2. The third-order valence-electron chi connectivity index (χ3n) is 7.75. The number of hydrogen-bond donors (Lipinski definition) is 2. The van der Waals surface area contributed by atoms with Crippen LogP contribution in [0.2, 0.25) is 0 Å². The number of aryl methyl sites for hydroxylation is 1. The van der Waals surface area contributed by atoms with E-state index in [1.165, 1.54) is 58.0 Å². The van der Waals surface area contributed by atoms with Gasteiger partial charge in [0.25, 0.3) is 0 Å². The molecule has 0 saturated heterocycles. The average molecular weight is 990 g/mol. The molecule has 0 spiro atoms. The molecule has 50 heavy (non-hydrogen) atoms. The first-order valence-electron chi connectivity index (χ1n) is 19.1. The Hall–Kier alpha value is -0.140. The molecule has 8 nitrogen and oxygen atoms in total. The van der Waals surface area contributed by atoms with Crippen molar-refractivity contribution in [3.05, 3.63) is 18.2 Å². The van der Waals surface area contributed by atoms with E-state index in [9.17, 15) is 9.59 Å². The van der Waals surface area contributed by atoms with Gasteiger partial charge in [0, 0.05) is 53.7 Å². The quantitative estimate of drug-likeness (QED) is 0.0548. The standard InChI is InChI=1S/C11H26N2.C11H23NO.C9H21N.C8H12N2O.CH3I.Ta/c1-11(2)7-4-5-9-13(3)10-6-8-12;1-8(2)6-5-7-10(12)11(13)9(3)4;1-9(2)7-5-6-8-10(3)4;1-6(2)7(11)8-9-4-5-10(8)3;1-2;/h11H,4-10,12H2,1-3H3;8-10H,5-7,12H2,1-4H3;9H,5-8H2,1-4H3;4-6H,1-3H3;1H3;/t;10-;;;;/m.1..../s1. The Labute approximate surface area is 341 Å². The van der Waals surface area contributed by atoms with Crippen molar-refractivity contribution in [1.82, 2.24) is 19.4 Å². The van der Waals surface area contributed by atoms with Crippen LogP contribution in [0.25, 0.3) is 0 Å². The molecule has 0 aromatic carbocycles. The molecule has 0 amide bonds. The van der Waals surface area contributed by atoms with Crippen molar-refractivity contribution in [3.8, 4) is 0 Å². The molecule has 0 aliphatic rings. The number of nitrogens with zero attached hydrogens (tertiary/aromatic N) is 4. The summed E-state index contributed by atoms with van der Waals surface area (Å²) in [5.41, 5.74) is 11.2. The van der Waals surface area contributed by atoms with Crippen LogP contribution in [0.5, 0.6) is 0 Å². The molecule has 4 N–H and O–H groups in total. The van der Waals surface area contributed by atoms with E-state index in [4.69, 9.17) is 11.5 Å². The largest absolute Gasteiger partial charge is 0.332 e. The molecule has 0 aliphatic heterocycles. The number of Topliss-reactive ketones (excluding diaryl/α,β-unsaturated/α-hetero) is 2. The molecule has 0 unspecified atom stereocenters. The molecule has 0 aliphatic carbocycles. The summed E-state index contributed by atoms with van der Waals surface area (Å²) >= 11 is 2.15. The summed E-state index contributed by atoms with van der Waals surface area (Å²) in [7, 11) is 8.28. The second-order valence-electron chi connectivity index (χ2n) is 15.4. The SMILES string of the molecule is CC(C)C(=O)c1nccn1C.CC(C)CCCCN(C)C.CC(C)CCCCN(C)CCCN.CC(C)CCC[C@@H](N)C(=O)C(C)C.CI.[Ta]. The van der Waals surface area contributed by atoms with Crippen molar-refractivity contribution in [2.45, 2.75) is 139 Å². The van der Waals surface area contributed by atoms with E-state index < -0.39 is 0 Å². The summed E-state index contributed by atoms with van der Waals surface area (Å²) in [5, 5.41) is 0. The number of carbonyl (C=O) groups is 2. The fourth-order valence-corrected chi connectivity index (χ4v) is 4.57. The third-order valence-corrected chi connectivity index (χ3v) is 7.75. The van der Waals surface area contributed by atoms with Gasteiger partial charge in [0.2, 0.25) is 5.78 Å². The molecule has 1 heterocycles. The monoisotopic (exact) mass is 990 g/mol. The van der Waals surface area contributed by atoms with Crippen molar-refractivity contribution in [2.24, 2.45) is 48.1 Å². The summed E-state index contributed by atoms with van der Waals surface area (Å²) in [6.45, 7) is 25.5. The zero-order valence-electron chi connectivity index (χ0n) is 35.6. The van der Waals surface area contributed by atoms with Crippen LogP contribution in [0.15, 0.2) is 12.4 Å². The Bertz CT molecular complexity index is 853. The fourth-order valence-electron chi connectivity index (χ4n) is 4.57. The minimum atomic E-state index is -0.237. The van der Waals surface area contributed by atoms with E-state index in [1.807, 2.05) is 39.7 Å². The number of rotatable bonds is 21. The van der Waals surface area contributed by atoms with Crippen LogP contribution in [0, 0.1) is 29.6 Å². The van der Waals surface area contributed by atoms with Gasteiger partial charge in [-0.1, -0.05) is 130 Å². The smallest absolute Gasteiger partial charge is 0.200 e. The second-order valence-corrected chi connectivity index (χ2v) is 15.4. The van der Waals surface area contributed by atoms with Crippen LogP contribution in [-0.4, -0.2) is 89.2 Å². The summed E-state index contributed by atoms with van der Waals surface area (Å²) in [5.74, 6) is 3.38. The fraction of sp³-hybridized carbons (Fsp3) is 0.875. The minimum Gasteiger partial charge on any atom is -0.332 e. The van der Waals surface area contributed by atoms with Crippen molar-refractivity contribution >= 4 is 34.2 Å². The first-order chi connectivity index (χ1) is 22.9. The van der Waals surface area contributed by atoms with Gasteiger partial charge >= 0.3 is 0 Å². The van der Waals surface area contributed by atoms with Crippen LogP contribution in [0.3, 0.4) is 0 Å². The van der Waals surface area contributed by atoms with E-state index in [1.54, 1.807) is 17.0 Å². The predicted octanol–water partition coefficient (Wildman–Crippen LogP) is 9.14. The molecule has 0 bridgehead atoms. The van der Waals surface area contributed by atoms with Crippen molar-refractivity contribution < 1.29 is 32.0 Å². The minimum absolute atomic E-state index is 0. The van der Waals surface area contributed by atoms with E-state index in [0.29, 0.717) is 11.7 Å². The van der Waals surface area contributed by atoms with E-state index in [-0.39, 0.29) is 51.8 Å². The first kappa shape index (κ1) is 59.1. The number of alkyl halides is 1. The van der Waals surface area contributed by atoms with Gasteiger partial charge in [0.1, 0.15) is 0 Å². The maximum atomic E-state index is 11.4. The molecular weight excluding hydrogens is 904 g/mol. The van der Waals surface area contributed by atoms with Crippen LogP contribution >= 0.6 is 22.6 Å². The number of hydrogen-bond acceptors (Lipinski definition) is 7. The van der Waals surface area contributed by atoms with Gasteiger partial charge in [0.05, 0.1) is 6.04 Å². The summed E-state index contributed by atoms with van der Waals surface area (Å²) in [6, 6.07) is -0.237. The zero-order valence-corrected chi connectivity index (χ0v) is 41.0. The third kappa shape index (κ3) is 42.3. The topological polar surface area (TPSA) is 110 Å². The van der Waals surface area contributed by atoms with Gasteiger partial charge in [-0.05, 0) is 95.7 Å². The van der Waals surface area contributed by atoms with E-state index in [0.717, 1.165) is 44.2 Å². The van der Waals surface area contributed by atoms with Gasteiger partial charge in [-0.25, -0.2) is 4.98 Å². The van der Waals surface area contributed by atoms with Gasteiger partial charge in [-0.15, -0.1) is 0 Å². The molecule has 1 aromatic heterocycles. The Kier molecular flexibility index (Phi) is 47.4. The van der Waals surface area contributed by atoms with Crippen molar-refractivity contribution in [2.75, 3.05) is 52.3 Å².